The largest absolute Gasteiger partial charge is 0.312 e. The Balaban J connectivity index is 3.67. The van der Waals surface area contributed by atoms with Gasteiger partial charge in [-0.25, -0.2) is 0 Å². The van der Waals surface area contributed by atoms with Crippen molar-refractivity contribution in [2.24, 2.45) is 5.92 Å². The van der Waals surface area contributed by atoms with Gasteiger partial charge in [-0.2, -0.15) is 0 Å². The highest BCUT2D eigenvalue weighted by atomic mass is 15.2. The van der Waals surface area contributed by atoms with Gasteiger partial charge in [-0.05, 0) is 66.7 Å². The molecule has 21 heavy (non-hydrogen) atoms. The van der Waals surface area contributed by atoms with E-state index in [0.29, 0.717) is 0 Å². The van der Waals surface area contributed by atoms with Crippen LogP contribution in [0.3, 0.4) is 0 Å². The summed E-state index contributed by atoms with van der Waals surface area (Å²) in [7, 11) is 4.32. The van der Waals surface area contributed by atoms with Gasteiger partial charge >= 0.3 is 0 Å². The molecule has 0 heterocycles. The summed E-state index contributed by atoms with van der Waals surface area (Å²) in [5.41, 5.74) is 0.264. The van der Waals surface area contributed by atoms with Crippen molar-refractivity contribution in [1.29, 1.82) is 0 Å². The third kappa shape index (κ3) is 16.1. The summed E-state index contributed by atoms with van der Waals surface area (Å²) in [5.74, 6) is 0.767. The van der Waals surface area contributed by atoms with E-state index >= 15 is 0 Å². The summed E-state index contributed by atoms with van der Waals surface area (Å²) in [4.78, 5) is 4.92. The first-order chi connectivity index (χ1) is 9.70. The van der Waals surface area contributed by atoms with Crippen LogP contribution in [0.2, 0.25) is 0 Å². The monoisotopic (exact) mass is 299 g/mol. The number of hydrogen-bond donors (Lipinski definition) is 1. The molecule has 3 nitrogen and oxygen atoms in total. The molecule has 0 aliphatic carbocycles. The third-order valence-electron chi connectivity index (χ3n) is 3.54. The Bertz CT molecular complexity index is 231. The summed E-state index contributed by atoms with van der Waals surface area (Å²) < 4.78 is 0. The SMILES string of the molecule is CC(C)CN(CCCCCCNC(C)(C)C)CCN(C)C. The number of hydrogen-bond acceptors (Lipinski definition) is 3. The van der Waals surface area contributed by atoms with Crippen LogP contribution in [-0.2, 0) is 0 Å². The van der Waals surface area contributed by atoms with Crippen LogP contribution in [0.4, 0.5) is 0 Å². The summed E-state index contributed by atoms with van der Waals surface area (Å²) in [6.07, 6.45) is 5.36. The minimum Gasteiger partial charge on any atom is -0.312 e. The molecule has 0 unspecified atom stereocenters. The lowest BCUT2D eigenvalue weighted by atomic mass is 10.1. The van der Waals surface area contributed by atoms with E-state index < -0.39 is 0 Å². The molecule has 0 fully saturated rings. The van der Waals surface area contributed by atoms with Gasteiger partial charge < -0.3 is 15.1 Å². The molecular formula is C18H41N3. The molecule has 0 aliphatic heterocycles. The lowest BCUT2D eigenvalue weighted by Crippen LogP contribution is -2.36. The zero-order chi connectivity index (χ0) is 16.3. The van der Waals surface area contributed by atoms with Crippen molar-refractivity contribution in [2.45, 2.75) is 65.8 Å². The van der Waals surface area contributed by atoms with Gasteiger partial charge in [0.15, 0.2) is 0 Å². The Morgan fingerprint density at radius 3 is 2.00 bits per heavy atom. The zero-order valence-electron chi connectivity index (χ0n) is 15.8. The maximum absolute atomic E-state index is 3.56. The van der Waals surface area contributed by atoms with E-state index in [1.165, 1.54) is 51.9 Å². The fourth-order valence-electron chi connectivity index (χ4n) is 2.43. The van der Waals surface area contributed by atoms with Crippen molar-refractivity contribution < 1.29 is 0 Å². The van der Waals surface area contributed by atoms with Gasteiger partial charge in [-0.15, -0.1) is 0 Å². The molecule has 1 N–H and O–H groups in total. The van der Waals surface area contributed by atoms with Crippen molar-refractivity contribution >= 4 is 0 Å². The van der Waals surface area contributed by atoms with Crippen LogP contribution < -0.4 is 5.32 Å². The van der Waals surface area contributed by atoms with E-state index in [9.17, 15) is 0 Å². The number of unbranched alkanes of at least 4 members (excludes halogenated alkanes) is 3. The summed E-state index contributed by atoms with van der Waals surface area (Å²) >= 11 is 0. The van der Waals surface area contributed by atoms with Crippen molar-refractivity contribution in [3.05, 3.63) is 0 Å². The maximum atomic E-state index is 3.56. The minimum absolute atomic E-state index is 0.264. The van der Waals surface area contributed by atoms with Crippen LogP contribution in [0, 0.1) is 5.92 Å². The first kappa shape index (κ1) is 20.9. The van der Waals surface area contributed by atoms with Gasteiger partial charge in [0.25, 0.3) is 0 Å². The Labute approximate surface area is 134 Å². The van der Waals surface area contributed by atoms with Gasteiger partial charge in [-0.3, -0.25) is 0 Å². The van der Waals surface area contributed by atoms with E-state index in [-0.39, 0.29) is 5.54 Å². The number of nitrogens with one attached hydrogen (secondary N) is 1. The molecule has 0 spiro atoms. The second-order valence-corrected chi connectivity index (χ2v) is 8.09. The molecule has 0 amide bonds. The minimum atomic E-state index is 0.264. The second-order valence-electron chi connectivity index (χ2n) is 8.09. The fourth-order valence-corrected chi connectivity index (χ4v) is 2.43. The van der Waals surface area contributed by atoms with Crippen LogP contribution in [-0.4, -0.2) is 62.2 Å². The fraction of sp³-hybridized carbons (Fsp3) is 1.00. The number of rotatable bonds is 12. The Morgan fingerprint density at radius 2 is 1.48 bits per heavy atom. The van der Waals surface area contributed by atoms with Crippen LogP contribution in [0.15, 0.2) is 0 Å². The molecular weight excluding hydrogens is 258 g/mol. The lowest BCUT2D eigenvalue weighted by molar-refractivity contribution is 0.215. The molecule has 0 radical (unpaired) electrons. The average molecular weight is 300 g/mol. The Hall–Kier alpha value is -0.120. The van der Waals surface area contributed by atoms with E-state index in [1.54, 1.807) is 0 Å². The highest BCUT2D eigenvalue weighted by Gasteiger charge is 2.08. The molecule has 0 atom stereocenters. The number of likely N-dealkylation sites (N-methyl/N-ethyl adjacent to an activating group) is 1. The lowest BCUT2D eigenvalue weighted by Gasteiger charge is -2.25. The molecule has 128 valence electrons. The van der Waals surface area contributed by atoms with Crippen LogP contribution in [0.1, 0.15) is 60.3 Å². The van der Waals surface area contributed by atoms with Crippen molar-refractivity contribution in [2.75, 3.05) is 46.8 Å². The first-order valence-electron chi connectivity index (χ1n) is 8.83. The van der Waals surface area contributed by atoms with E-state index in [2.05, 4.69) is 63.8 Å². The standard InChI is InChI=1S/C18H41N3/c1-17(2)16-21(15-14-20(6)7)13-11-9-8-10-12-19-18(3,4)5/h17,19H,8-16H2,1-7H3. The normalized spacial score (nSPS) is 12.9. The molecule has 0 saturated carbocycles. The molecule has 0 aromatic carbocycles. The highest BCUT2D eigenvalue weighted by Crippen LogP contribution is 2.06. The van der Waals surface area contributed by atoms with E-state index in [0.717, 1.165) is 12.5 Å². The van der Waals surface area contributed by atoms with Gasteiger partial charge in [0.2, 0.25) is 0 Å². The third-order valence-corrected chi connectivity index (χ3v) is 3.54. The summed E-state index contributed by atoms with van der Waals surface area (Å²) in [6.45, 7) is 17.4. The quantitative estimate of drug-likeness (QED) is 0.557. The van der Waals surface area contributed by atoms with Crippen LogP contribution in [0.5, 0.6) is 0 Å². The van der Waals surface area contributed by atoms with Crippen molar-refractivity contribution in [3.8, 4) is 0 Å². The van der Waals surface area contributed by atoms with Crippen LogP contribution >= 0.6 is 0 Å². The molecule has 0 aliphatic rings. The molecule has 0 aromatic heterocycles. The first-order valence-corrected chi connectivity index (χ1v) is 8.83. The van der Waals surface area contributed by atoms with Crippen molar-refractivity contribution in [1.82, 2.24) is 15.1 Å². The zero-order valence-corrected chi connectivity index (χ0v) is 15.8. The van der Waals surface area contributed by atoms with Gasteiger partial charge in [0, 0.05) is 25.2 Å². The van der Waals surface area contributed by atoms with Gasteiger partial charge in [0.05, 0.1) is 0 Å². The smallest absolute Gasteiger partial charge is 0.0109 e. The van der Waals surface area contributed by atoms with E-state index in [4.69, 9.17) is 0 Å². The predicted octanol–water partition coefficient (Wildman–Crippen LogP) is 3.45. The van der Waals surface area contributed by atoms with Crippen molar-refractivity contribution in [3.63, 3.8) is 0 Å². The molecule has 0 aromatic rings. The summed E-state index contributed by atoms with van der Waals surface area (Å²) in [6, 6.07) is 0. The summed E-state index contributed by atoms with van der Waals surface area (Å²) in [5, 5.41) is 3.56. The molecule has 0 saturated heterocycles. The van der Waals surface area contributed by atoms with E-state index in [1.807, 2.05) is 0 Å². The predicted molar refractivity (Wildman–Crippen MR) is 96.1 cm³/mol. The van der Waals surface area contributed by atoms with Gasteiger partial charge in [-0.1, -0.05) is 26.7 Å². The number of nitrogens with zero attached hydrogens (tertiary/aromatic N) is 2. The topological polar surface area (TPSA) is 18.5 Å². The second kappa shape index (κ2) is 11.4. The average Bonchev–Trinajstić information content (AvgIpc) is 2.32. The molecule has 0 rings (SSSR count). The Kier molecular flexibility index (Phi) is 11.4. The molecule has 3 heteroatoms. The highest BCUT2D eigenvalue weighted by molar-refractivity contribution is 4.69. The van der Waals surface area contributed by atoms with Crippen LogP contribution in [0.25, 0.3) is 0 Å². The van der Waals surface area contributed by atoms with Gasteiger partial charge in [0.1, 0.15) is 0 Å². The maximum Gasteiger partial charge on any atom is 0.0109 e. The Morgan fingerprint density at radius 1 is 0.857 bits per heavy atom. The molecule has 0 bridgehead atoms.